The maximum atomic E-state index is 13.4. The number of rotatable bonds is 3. The number of aliphatic carboxylic acids is 1. The summed E-state index contributed by atoms with van der Waals surface area (Å²) in [5.74, 6) is -2.01. The number of amides is 2. The summed E-state index contributed by atoms with van der Waals surface area (Å²) in [5.41, 5.74) is 2.51. The molecule has 13 heteroatoms. The largest absolute Gasteiger partial charge is 0.508 e. The second-order valence-corrected chi connectivity index (χ2v) is 9.80. The van der Waals surface area contributed by atoms with Crippen LogP contribution >= 0.6 is 0 Å². The highest BCUT2D eigenvalue weighted by Gasteiger charge is 2.51. The maximum Gasteiger partial charge on any atom is 0.490 e. The number of benzene rings is 1. The molecule has 10 nitrogen and oxygen atoms in total. The SMILES string of the molecule is Cc1ccc(C(=O)N2CCC3(C2)c2cccn2-c2ncccc2N3CC(=O)N(C)C)cc1O.O=C(O)C(F)(F)F. The Morgan fingerprint density at radius 1 is 1.12 bits per heavy atom. The summed E-state index contributed by atoms with van der Waals surface area (Å²) in [6.07, 6.45) is -0.674. The number of hydrogen-bond acceptors (Lipinski definition) is 6. The molecule has 0 saturated carbocycles. The van der Waals surface area contributed by atoms with Crippen LogP contribution in [-0.2, 0) is 15.1 Å². The predicted molar refractivity (Wildman–Crippen MR) is 138 cm³/mol. The molecule has 4 heterocycles. The van der Waals surface area contributed by atoms with Crippen LogP contribution in [0.1, 0.15) is 28.0 Å². The molecule has 2 N–H and O–H groups in total. The van der Waals surface area contributed by atoms with E-state index in [1.807, 2.05) is 29.3 Å². The molecule has 2 aliphatic heterocycles. The normalized spacial score (nSPS) is 17.6. The first-order chi connectivity index (χ1) is 18.8. The molecule has 2 amide bonds. The molecule has 3 aromatic rings. The molecule has 40 heavy (non-hydrogen) atoms. The zero-order valence-corrected chi connectivity index (χ0v) is 22.0. The highest BCUT2D eigenvalue weighted by Crippen LogP contribution is 2.47. The lowest BCUT2D eigenvalue weighted by Gasteiger charge is -2.47. The molecule has 2 aliphatic rings. The van der Waals surface area contributed by atoms with Crippen molar-refractivity contribution in [3.63, 3.8) is 0 Å². The van der Waals surface area contributed by atoms with Gasteiger partial charge >= 0.3 is 12.1 Å². The van der Waals surface area contributed by atoms with E-state index in [0.29, 0.717) is 25.1 Å². The molecule has 2 aromatic heterocycles. The summed E-state index contributed by atoms with van der Waals surface area (Å²) in [7, 11) is 3.50. The van der Waals surface area contributed by atoms with E-state index < -0.39 is 17.7 Å². The highest BCUT2D eigenvalue weighted by molar-refractivity contribution is 5.95. The minimum absolute atomic E-state index is 0.0163. The van der Waals surface area contributed by atoms with Gasteiger partial charge in [0.15, 0.2) is 5.82 Å². The van der Waals surface area contributed by atoms with Crippen molar-refractivity contribution in [2.75, 3.05) is 38.6 Å². The summed E-state index contributed by atoms with van der Waals surface area (Å²) in [4.78, 5) is 45.3. The van der Waals surface area contributed by atoms with Gasteiger partial charge in [-0.2, -0.15) is 13.2 Å². The van der Waals surface area contributed by atoms with Gasteiger partial charge in [0, 0.05) is 45.1 Å². The molecule has 212 valence electrons. The van der Waals surface area contributed by atoms with E-state index in [4.69, 9.17) is 9.90 Å². The van der Waals surface area contributed by atoms with Crippen molar-refractivity contribution < 1.29 is 37.8 Å². The molecular formula is C27H28F3N5O5. The number of alkyl halides is 3. The standard InChI is InChI=1S/C25H27N5O3.C2HF3O2/c1-17-8-9-18(14-20(17)31)24(33)28-13-10-25(16-28)21-7-5-12-29(21)23-19(6-4-11-26-23)30(25)15-22(32)27(2)3;3-2(4,5)1(6)7/h4-9,11-12,14,31H,10,13,15-16H2,1-3H3;(H,6,7). The van der Waals surface area contributed by atoms with E-state index >= 15 is 0 Å². The number of carbonyl (C=O) groups is 3. The number of nitrogens with zero attached hydrogens (tertiary/aromatic N) is 5. The van der Waals surface area contributed by atoms with E-state index in [-0.39, 0.29) is 24.1 Å². The Hall–Kier alpha value is -4.55. The highest BCUT2D eigenvalue weighted by atomic mass is 19.4. The van der Waals surface area contributed by atoms with Gasteiger partial charge in [-0.3, -0.25) is 9.59 Å². The second-order valence-electron chi connectivity index (χ2n) is 9.80. The Balaban J connectivity index is 0.000000470. The predicted octanol–water partition coefficient (Wildman–Crippen LogP) is 3.17. The Kier molecular flexibility index (Phi) is 7.50. The number of hydrogen-bond donors (Lipinski definition) is 2. The lowest BCUT2D eigenvalue weighted by atomic mass is 9.88. The molecule has 1 fully saturated rings. The van der Waals surface area contributed by atoms with Crippen LogP contribution in [0, 0.1) is 6.92 Å². The molecule has 1 unspecified atom stereocenters. The lowest BCUT2D eigenvalue weighted by Crippen LogP contribution is -2.55. The van der Waals surface area contributed by atoms with Crippen molar-refractivity contribution in [3.05, 3.63) is 71.7 Å². The molecule has 0 radical (unpaired) electrons. The lowest BCUT2D eigenvalue weighted by molar-refractivity contribution is -0.192. The fraction of sp³-hybridized carbons (Fsp3) is 0.333. The zero-order valence-electron chi connectivity index (χ0n) is 22.0. The van der Waals surface area contributed by atoms with Crippen LogP contribution in [0.2, 0.25) is 0 Å². The summed E-state index contributed by atoms with van der Waals surface area (Å²) in [5, 5.41) is 17.2. The Bertz CT molecular complexity index is 1450. The molecule has 1 spiro atoms. The van der Waals surface area contributed by atoms with Gasteiger partial charge < -0.3 is 29.5 Å². The fourth-order valence-corrected chi connectivity index (χ4v) is 4.93. The number of aryl methyl sites for hydroxylation is 1. The van der Waals surface area contributed by atoms with Gasteiger partial charge in [0.05, 0.1) is 17.9 Å². The molecule has 1 atom stereocenters. The van der Waals surface area contributed by atoms with Crippen molar-refractivity contribution >= 4 is 23.5 Å². The second kappa shape index (κ2) is 10.5. The van der Waals surface area contributed by atoms with Crippen LogP contribution in [0.15, 0.2) is 54.9 Å². The van der Waals surface area contributed by atoms with Crippen molar-refractivity contribution in [1.29, 1.82) is 0 Å². The summed E-state index contributed by atoms with van der Waals surface area (Å²) in [6, 6.07) is 12.9. The van der Waals surface area contributed by atoms with Crippen LogP contribution in [0.3, 0.4) is 0 Å². The minimum Gasteiger partial charge on any atom is -0.508 e. The summed E-state index contributed by atoms with van der Waals surface area (Å²) >= 11 is 0. The van der Waals surface area contributed by atoms with Gasteiger partial charge in [-0.1, -0.05) is 6.07 Å². The van der Waals surface area contributed by atoms with Crippen LogP contribution in [0.4, 0.5) is 18.9 Å². The number of carbonyl (C=O) groups excluding carboxylic acids is 2. The smallest absolute Gasteiger partial charge is 0.490 e. The van der Waals surface area contributed by atoms with E-state index in [9.17, 15) is 27.9 Å². The number of halogens is 3. The average Bonchev–Trinajstić information content (AvgIpc) is 3.56. The first-order valence-corrected chi connectivity index (χ1v) is 12.3. The molecule has 1 saturated heterocycles. The number of likely N-dealkylation sites (tertiary alicyclic amines) is 1. The first kappa shape index (κ1) is 28.5. The average molecular weight is 560 g/mol. The number of carboxylic acid groups (broad SMARTS) is 1. The van der Waals surface area contributed by atoms with E-state index in [1.165, 1.54) is 6.07 Å². The maximum absolute atomic E-state index is 13.4. The van der Waals surface area contributed by atoms with Crippen molar-refractivity contribution in [2.45, 2.75) is 25.1 Å². The van der Waals surface area contributed by atoms with E-state index in [2.05, 4.69) is 20.5 Å². The van der Waals surface area contributed by atoms with Crippen molar-refractivity contribution in [2.24, 2.45) is 0 Å². The molecule has 0 aliphatic carbocycles. The number of fused-ring (bicyclic) bond motifs is 4. The molecule has 0 bridgehead atoms. The van der Waals surface area contributed by atoms with Crippen molar-refractivity contribution in [3.8, 4) is 11.6 Å². The number of carboxylic acids is 1. The minimum atomic E-state index is -5.08. The number of anilines is 1. The third kappa shape index (κ3) is 5.18. The first-order valence-electron chi connectivity index (χ1n) is 12.3. The Morgan fingerprint density at radius 3 is 2.45 bits per heavy atom. The number of phenols is 1. The quantitative estimate of drug-likeness (QED) is 0.506. The van der Waals surface area contributed by atoms with Gasteiger partial charge in [0.1, 0.15) is 11.3 Å². The van der Waals surface area contributed by atoms with Crippen LogP contribution in [0.25, 0.3) is 5.82 Å². The number of aromatic nitrogens is 2. The van der Waals surface area contributed by atoms with Gasteiger partial charge in [-0.25, -0.2) is 9.78 Å². The summed E-state index contributed by atoms with van der Waals surface area (Å²) in [6.45, 7) is 2.96. The number of likely N-dealkylation sites (N-methyl/N-ethyl adjacent to an activating group) is 1. The van der Waals surface area contributed by atoms with E-state index in [1.54, 1.807) is 44.2 Å². The van der Waals surface area contributed by atoms with Crippen LogP contribution in [0.5, 0.6) is 5.75 Å². The number of phenolic OH excluding ortho intramolecular Hbond substituents is 1. The van der Waals surface area contributed by atoms with E-state index in [0.717, 1.165) is 22.8 Å². The number of pyridine rings is 1. The van der Waals surface area contributed by atoms with Gasteiger partial charge in [0.25, 0.3) is 5.91 Å². The third-order valence-electron chi connectivity index (χ3n) is 7.05. The van der Waals surface area contributed by atoms with Crippen molar-refractivity contribution in [1.82, 2.24) is 19.4 Å². The fourth-order valence-electron chi connectivity index (χ4n) is 4.93. The van der Waals surface area contributed by atoms with Gasteiger partial charge in [0.2, 0.25) is 5.91 Å². The van der Waals surface area contributed by atoms with Gasteiger partial charge in [-0.15, -0.1) is 0 Å². The Morgan fingerprint density at radius 2 is 1.82 bits per heavy atom. The molecular weight excluding hydrogens is 531 g/mol. The van der Waals surface area contributed by atoms with Gasteiger partial charge in [-0.05, 0) is 55.3 Å². The van der Waals surface area contributed by atoms with Crippen LogP contribution < -0.4 is 4.90 Å². The monoisotopic (exact) mass is 559 g/mol. The third-order valence-corrected chi connectivity index (χ3v) is 7.05. The molecule has 1 aromatic carbocycles. The van der Waals surface area contributed by atoms with Crippen LogP contribution in [-0.4, -0.2) is 87.3 Å². The topological polar surface area (TPSA) is 119 Å². The summed E-state index contributed by atoms with van der Waals surface area (Å²) < 4.78 is 33.8. The Labute approximate surface area is 227 Å². The molecule has 5 rings (SSSR count). The number of aromatic hydroxyl groups is 1. The zero-order chi connectivity index (χ0) is 29.4.